The average molecular weight is 437 g/mol. The summed E-state index contributed by atoms with van der Waals surface area (Å²) in [6.07, 6.45) is 1.76. The van der Waals surface area contributed by atoms with E-state index in [1.807, 2.05) is 48.5 Å². The number of hydrogen-bond acceptors (Lipinski definition) is 4. The number of fused-ring (bicyclic) bond motifs is 3. The molecule has 30 heavy (non-hydrogen) atoms. The van der Waals surface area contributed by atoms with Crippen LogP contribution in [0, 0.1) is 0 Å². The molecule has 0 saturated heterocycles. The van der Waals surface area contributed by atoms with Crippen molar-refractivity contribution in [3.05, 3.63) is 81.2 Å². The molecule has 0 bridgehead atoms. The standard InChI is InChI=1S/C23H18Cl2N4O/c1-2-18-21(14-6-4-8-17(25)10-14)23-27-26-22-19(29(23)28-18)11-15(12-20(22)30)13-5-3-7-16(24)9-13/h3-10,15H,2,11-12H2,1H3/t15-/m0/s1. The second-order valence-electron chi connectivity index (χ2n) is 7.50. The first-order valence-corrected chi connectivity index (χ1v) is 10.6. The summed E-state index contributed by atoms with van der Waals surface area (Å²) in [7, 11) is 0. The second kappa shape index (κ2) is 7.49. The first-order valence-electron chi connectivity index (χ1n) is 9.87. The van der Waals surface area contributed by atoms with Gasteiger partial charge in [-0.05, 0) is 54.2 Å². The van der Waals surface area contributed by atoms with E-state index in [2.05, 4.69) is 17.1 Å². The number of rotatable bonds is 3. The third-order valence-corrected chi connectivity index (χ3v) is 6.08. The highest BCUT2D eigenvalue weighted by Crippen LogP contribution is 2.35. The number of benzene rings is 2. The van der Waals surface area contributed by atoms with Gasteiger partial charge in [0.05, 0.1) is 17.0 Å². The van der Waals surface area contributed by atoms with E-state index < -0.39 is 0 Å². The number of nitrogens with zero attached hydrogens (tertiary/aromatic N) is 4. The molecule has 1 atom stereocenters. The van der Waals surface area contributed by atoms with Crippen molar-refractivity contribution in [3.8, 4) is 11.1 Å². The first kappa shape index (κ1) is 19.2. The molecular formula is C23H18Cl2N4O. The molecule has 2 aromatic carbocycles. The summed E-state index contributed by atoms with van der Waals surface area (Å²) in [5.41, 5.74) is 5.65. The molecule has 5 rings (SSSR count). The highest BCUT2D eigenvalue weighted by Gasteiger charge is 2.31. The van der Waals surface area contributed by atoms with Crippen molar-refractivity contribution in [1.29, 1.82) is 0 Å². The van der Waals surface area contributed by atoms with Gasteiger partial charge in [0.25, 0.3) is 0 Å². The minimum Gasteiger partial charge on any atom is -0.292 e. The van der Waals surface area contributed by atoms with Crippen LogP contribution in [-0.2, 0) is 12.8 Å². The number of halogens is 2. The maximum Gasteiger partial charge on any atom is 0.185 e. The van der Waals surface area contributed by atoms with E-state index in [1.165, 1.54) is 0 Å². The van der Waals surface area contributed by atoms with E-state index >= 15 is 0 Å². The van der Waals surface area contributed by atoms with Gasteiger partial charge in [-0.2, -0.15) is 5.10 Å². The number of ketones is 1. The van der Waals surface area contributed by atoms with Crippen molar-refractivity contribution in [1.82, 2.24) is 19.8 Å². The largest absolute Gasteiger partial charge is 0.292 e. The van der Waals surface area contributed by atoms with Crippen molar-refractivity contribution in [2.45, 2.75) is 32.1 Å². The Morgan fingerprint density at radius 1 is 1.03 bits per heavy atom. The molecule has 0 N–H and O–H groups in total. The molecular weight excluding hydrogens is 419 g/mol. The van der Waals surface area contributed by atoms with Gasteiger partial charge in [-0.15, -0.1) is 10.2 Å². The van der Waals surface area contributed by atoms with E-state index in [1.54, 1.807) is 4.52 Å². The van der Waals surface area contributed by atoms with Crippen LogP contribution in [0.15, 0.2) is 48.5 Å². The van der Waals surface area contributed by atoms with Gasteiger partial charge in [0, 0.05) is 16.5 Å². The van der Waals surface area contributed by atoms with Crippen LogP contribution in [0.1, 0.15) is 46.7 Å². The van der Waals surface area contributed by atoms with Gasteiger partial charge >= 0.3 is 0 Å². The number of carbonyl (C=O) groups is 1. The van der Waals surface area contributed by atoms with Crippen LogP contribution in [0.25, 0.3) is 16.8 Å². The second-order valence-corrected chi connectivity index (χ2v) is 8.37. The predicted molar refractivity (Wildman–Crippen MR) is 117 cm³/mol. The van der Waals surface area contributed by atoms with Crippen molar-refractivity contribution >= 4 is 34.6 Å². The van der Waals surface area contributed by atoms with Gasteiger partial charge in [0.1, 0.15) is 0 Å². The van der Waals surface area contributed by atoms with Crippen LogP contribution in [-0.4, -0.2) is 25.6 Å². The zero-order valence-electron chi connectivity index (χ0n) is 16.3. The van der Waals surface area contributed by atoms with Crippen LogP contribution in [0.5, 0.6) is 0 Å². The molecule has 0 aliphatic heterocycles. The maximum atomic E-state index is 12.9. The molecule has 150 valence electrons. The van der Waals surface area contributed by atoms with Crippen LogP contribution >= 0.6 is 23.2 Å². The van der Waals surface area contributed by atoms with E-state index in [-0.39, 0.29) is 11.7 Å². The minimum absolute atomic E-state index is 0.0199. The van der Waals surface area contributed by atoms with E-state index in [0.29, 0.717) is 34.2 Å². The normalized spacial score (nSPS) is 16.1. The van der Waals surface area contributed by atoms with Gasteiger partial charge in [0.15, 0.2) is 17.1 Å². The van der Waals surface area contributed by atoms with Gasteiger partial charge < -0.3 is 0 Å². The van der Waals surface area contributed by atoms with Crippen molar-refractivity contribution in [2.24, 2.45) is 0 Å². The fourth-order valence-corrected chi connectivity index (χ4v) is 4.59. The number of hydrogen-bond donors (Lipinski definition) is 0. The van der Waals surface area contributed by atoms with Crippen molar-refractivity contribution in [3.63, 3.8) is 0 Å². The summed E-state index contributed by atoms with van der Waals surface area (Å²) in [6, 6.07) is 15.3. The average Bonchev–Trinajstić information content (AvgIpc) is 3.13. The lowest BCUT2D eigenvalue weighted by atomic mass is 9.83. The highest BCUT2D eigenvalue weighted by atomic mass is 35.5. The lowest BCUT2D eigenvalue weighted by Crippen LogP contribution is -2.24. The van der Waals surface area contributed by atoms with Crippen LogP contribution in [0.3, 0.4) is 0 Å². The van der Waals surface area contributed by atoms with Gasteiger partial charge in [0.2, 0.25) is 0 Å². The summed E-state index contributed by atoms with van der Waals surface area (Å²) >= 11 is 12.4. The summed E-state index contributed by atoms with van der Waals surface area (Å²) in [5.74, 6) is 0.00785. The molecule has 1 aliphatic rings. The highest BCUT2D eigenvalue weighted by molar-refractivity contribution is 6.31. The van der Waals surface area contributed by atoms with Gasteiger partial charge in [-0.25, -0.2) is 4.52 Å². The number of carbonyl (C=O) groups excluding carboxylic acids is 1. The molecule has 0 spiro atoms. The Morgan fingerprint density at radius 2 is 1.80 bits per heavy atom. The van der Waals surface area contributed by atoms with Crippen LogP contribution in [0.4, 0.5) is 0 Å². The molecule has 0 fully saturated rings. The maximum absolute atomic E-state index is 12.9. The lowest BCUT2D eigenvalue weighted by Gasteiger charge is -2.23. The smallest absolute Gasteiger partial charge is 0.185 e. The molecule has 2 aromatic heterocycles. The minimum atomic E-state index is -0.0199. The quantitative estimate of drug-likeness (QED) is 0.420. The molecule has 1 aliphatic carbocycles. The monoisotopic (exact) mass is 436 g/mol. The Morgan fingerprint density at radius 3 is 2.53 bits per heavy atom. The molecule has 5 nitrogen and oxygen atoms in total. The Hall–Kier alpha value is -2.76. The lowest BCUT2D eigenvalue weighted by molar-refractivity contribution is 0.0955. The van der Waals surface area contributed by atoms with Crippen LogP contribution < -0.4 is 0 Å². The zero-order chi connectivity index (χ0) is 20.8. The van der Waals surface area contributed by atoms with Gasteiger partial charge in [-0.1, -0.05) is 54.4 Å². The predicted octanol–water partition coefficient (Wildman–Crippen LogP) is 5.57. The SMILES string of the molecule is CCc1nn2c3c(nnc2c1-c1cccc(Cl)c1)C(=O)C[C@@H](c1cccc(Cl)c1)C3. The topological polar surface area (TPSA) is 60.1 Å². The van der Waals surface area contributed by atoms with Crippen molar-refractivity contribution < 1.29 is 4.79 Å². The fraction of sp³-hybridized carbons (Fsp3) is 0.217. The first-order chi connectivity index (χ1) is 14.5. The van der Waals surface area contributed by atoms with Gasteiger partial charge in [-0.3, -0.25) is 4.79 Å². The molecule has 0 unspecified atom stereocenters. The molecule has 0 radical (unpaired) electrons. The van der Waals surface area contributed by atoms with Crippen molar-refractivity contribution in [2.75, 3.05) is 0 Å². The Balaban J connectivity index is 1.69. The summed E-state index contributed by atoms with van der Waals surface area (Å²) in [6.45, 7) is 2.05. The molecule has 7 heteroatoms. The summed E-state index contributed by atoms with van der Waals surface area (Å²) in [5, 5.41) is 14.8. The molecule has 4 aromatic rings. The number of aryl methyl sites for hydroxylation is 1. The van der Waals surface area contributed by atoms with Crippen LogP contribution in [0.2, 0.25) is 10.0 Å². The third-order valence-electron chi connectivity index (χ3n) is 5.61. The summed E-state index contributed by atoms with van der Waals surface area (Å²) in [4.78, 5) is 12.9. The van der Waals surface area contributed by atoms with E-state index in [4.69, 9.17) is 28.3 Å². The number of Topliss-reactive ketones (excluding diaryl/α,β-unsaturated/α-hetero) is 1. The molecule has 0 amide bonds. The summed E-state index contributed by atoms with van der Waals surface area (Å²) < 4.78 is 1.80. The molecule has 0 saturated carbocycles. The van der Waals surface area contributed by atoms with E-state index in [9.17, 15) is 4.79 Å². The third kappa shape index (κ3) is 3.18. The molecule has 2 heterocycles. The zero-order valence-corrected chi connectivity index (χ0v) is 17.8. The van der Waals surface area contributed by atoms with E-state index in [0.717, 1.165) is 34.5 Å². The Bertz CT molecular complexity index is 1300. The fourth-order valence-electron chi connectivity index (χ4n) is 4.20. The Kier molecular flexibility index (Phi) is 4.80. The number of aromatic nitrogens is 4. The Labute approximate surface area is 183 Å².